The lowest BCUT2D eigenvalue weighted by atomic mass is 10.1. The summed E-state index contributed by atoms with van der Waals surface area (Å²) in [5.74, 6) is 1.71. The van der Waals surface area contributed by atoms with E-state index < -0.39 is 0 Å². The van der Waals surface area contributed by atoms with Crippen LogP contribution in [-0.2, 0) is 6.54 Å². The molecule has 0 saturated carbocycles. The van der Waals surface area contributed by atoms with Crippen molar-refractivity contribution in [2.75, 3.05) is 18.0 Å². The fourth-order valence-corrected chi connectivity index (χ4v) is 4.89. The topological polar surface area (TPSA) is 49.8 Å². The quantitative estimate of drug-likeness (QED) is 0.411. The second-order valence-corrected chi connectivity index (χ2v) is 8.70. The summed E-state index contributed by atoms with van der Waals surface area (Å²) in [6.07, 6.45) is 7.39. The summed E-state index contributed by atoms with van der Waals surface area (Å²) < 4.78 is 4.50. The summed E-state index contributed by atoms with van der Waals surface area (Å²) in [4.78, 5) is 7.19. The average molecular weight is 406 g/mol. The zero-order valence-electron chi connectivity index (χ0n) is 17.5. The molecule has 1 atom stereocenters. The van der Waals surface area contributed by atoms with Crippen molar-refractivity contribution in [3.05, 3.63) is 78.2 Å². The fourth-order valence-electron chi connectivity index (χ4n) is 4.89. The Morgan fingerprint density at radius 3 is 2.71 bits per heavy atom. The Balaban J connectivity index is 1.44. The Kier molecular flexibility index (Phi) is 4.00. The van der Waals surface area contributed by atoms with Gasteiger partial charge in [0.2, 0.25) is 0 Å². The van der Waals surface area contributed by atoms with Crippen molar-refractivity contribution in [3.63, 3.8) is 0 Å². The van der Waals surface area contributed by atoms with Gasteiger partial charge in [0.1, 0.15) is 0 Å². The molecule has 0 unspecified atom stereocenters. The molecule has 2 aromatic carbocycles. The summed E-state index contributed by atoms with van der Waals surface area (Å²) in [5, 5.41) is 9.09. The van der Waals surface area contributed by atoms with Crippen LogP contribution < -0.4 is 4.90 Å². The van der Waals surface area contributed by atoms with Crippen molar-refractivity contribution in [2.24, 2.45) is 5.92 Å². The van der Waals surface area contributed by atoms with Gasteiger partial charge in [-0.15, -0.1) is 0 Å². The summed E-state index contributed by atoms with van der Waals surface area (Å²) in [6, 6.07) is 19.0. The Hall–Kier alpha value is -3.78. The second kappa shape index (κ2) is 6.88. The van der Waals surface area contributed by atoms with Gasteiger partial charge >= 0.3 is 0 Å². The molecule has 4 aromatic rings. The van der Waals surface area contributed by atoms with Crippen molar-refractivity contribution in [2.45, 2.75) is 19.9 Å². The number of hydrogen-bond acceptors (Lipinski definition) is 3. The van der Waals surface area contributed by atoms with Gasteiger partial charge in [-0.05, 0) is 59.9 Å². The van der Waals surface area contributed by atoms with Crippen molar-refractivity contribution >= 4 is 5.69 Å². The average Bonchev–Trinajstić information content (AvgIpc) is 3.52. The third kappa shape index (κ3) is 2.95. The minimum atomic E-state index is 0.678. The van der Waals surface area contributed by atoms with E-state index in [1.165, 1.54) is 23.4 Å². The monoisotopic (exact) mass is 405 g/mol. The molecule has 2 aromatic heterocycles. The van der Waals surface area contributed by atoms with Gasteiger partial charge in [0.25, 0.3) is 0 Å². The van der Waals surface area contributed by atoms with Crippen molar-refractivity contribution in [3.8, 4) is 34.4 Å². The maximum Gasteiger partial charge on any atom is 0.161 e. The lowest BCUT2D eigenvalue weighted by Gasteiger charge is -2.20. The molecule has 0 N–H and O–H groups in total. The molecule has 2 aliphatic heterocycles. The normalized spacial score (nSPS) is 16.9. The van der Waals surface area contributed by atoms with Crippen LogP contribution >= 0.6 is 0 Å². The Morgan fingerprint density at radius 2 is 1.94 bits per heavy atom. The number of aromatic nitrogens is 3. The van der Waals surface area contributed by atoms with E-state index in [2.05, 4.69) is 68.7 Å². The van der Waals surface area contributed by atoms with E-state index in [1.807, 2.05) is 30.5 Å². The van der Waals surface area contributed by atoms with E-state index in [-0.39, 0.29) is 0 Å². The minimum Gasteiger partial charge on any atom is -0.371 e. The fraction of sp³-hybridized carbons (Fsp3) is 0.231. The molecule has 1 saturated heterocycles. The molecule has 4 heterocycles. The maximum atomic E-state index is 9.09. The largest absolute Gasteiger partial charge is 0.371 e. The van der Waals surface area contributed by atoms with Gasteiger partial charge in [-0.2, -0.15) is 5.26 Å². The molecule has 0 spiro atoms. The van der Waals surface area contributed by atoms with E-state index in [0.29, 0.717) is 5.56 Å². The number of rotatable bonds is 2. The van der Waals surface area contributed by atoms with E-state index in [4.69, 9.17) is 5.26 Å². The molecule has 2 aliphatic rings. The van der Waals surface area contributed by atoms with Crippen molar-refractivity contribution < 1.29 is 0 Å². The first kappa shape index (κ1) is 18.0. The molecule has 6 rings (SSSR count). The molecule has 0 bridgehead atoms. The lowest BCUT2D eigenvalue weighted by Crippen LogP contribution is -2.19. The van der Waals surface area contributed by atoms with Gasteiger partial charge in [-0.3, -0.25) is 4.57 Å². The summed E-state index contributed by atoms with van der Waals surface area (Å²) in [5.41, 5.74) is 7.85. The predicted molar refractivity (Wildman–Crippen MR) is 122 cm³/mol. The lowest BCUT2D eigenvalue weighted by molar-refractivity contribution is 0.659. The van der Waals surface area contributed by atoms with Crippen LogP contribution in [-0.4, -0.2) is 27.2 Å². The number of fused-ring (bicyclic) bond motifs is 5. The van der Waals surface area contributed by atoms with Crippen LogP contribution in [0.25, 0.3) is 28.3 Å². The highest BCUT2D eigenvalue weighted by Crippen LogP contribution is 2.36. The van der Waals surface area contributed by atoms with E-state index in [1.54, 1.807) is 0 Å². The molecule has 0 amide bonds. The smallest absolute Gasteiger partial charge is 0.161 e. The van der Waals surface area contributed by atoms with Gasteiger partial charge in [0, 0.05) is 49.5 Å². The van der Waals surface area contributed by atoms with Crippen LogP contribution in [0.3, 0.4) is 0 Å². The van der Waals surface area contributed by atoms with Crippen LogP contribution in [0, 0.1) is 17.2 Å². The summed E-state index contributed by atoms with van der Waals surface area (Å²) in [7, 11) is 0. The highest BCUT2D eigenvalue weighted by Gasteiger charge is 2.24. The number of benzene rings is 2. The number of anilines is 1. The number of imidazole rings is 1. The first-order chi connectivity index (χ1) is 15.2. The van der Waals surface area contributed by atoms with Gasteiger partial charge < -0.3 is 9.47 Å². The van der Waals surface area contributed by atoms with Crippen LogP contribution in [0.5, 0.6) is 0 Å². The zero-order chi connectivity index (χ0) is 20.9. The van der Waals surface area contributed by atoms with Crippen molar-refractivity contribution in [1.82, 2.24) is 14.1 Å². The molecular weight excluding hydrogens is 382 g/mol. The third-order valence-corrected chi connectivity index (χ3v) is 6.57. The number of nitriles is 1. The maximum absolute atomic E-state index is 9.09. The SMILES string of the molecule is C[C@H]1CCN(c2ccc3c(c2)Cn2cc(-c4ccc(C#N)cc4)cc2-c2nccn2-3)C1. The van der Waals surface area contributed by atoms with Crippen LogP contribution in [0.15, 0.2) is 67.1 Å². The highest BCUT2D eigenvalue weighted by atomic mass is 15.2. The standard InChI is InChI=1S/C26H23N5/c1-18-8-10-29(15-18)23-6-7-24-22(12-23)17-30-16-21(20-4-2-19(14-27)3-5-20)13-25(30)26-28-9-11-31(24)26/h2-7,9,11-13,16,18H,8,10,15,17H2,1H3/t18-/m0/s1. The van der Waals surface area contributed by atoms with E-state index in [0.717, 1.165) is 48.2 Å². The first-order valence-electron chi connectivity index (χ1n) is 10.8. The highest BCUT2D eigenvalue weighted by molar-refractivity contribution is 5.72. The minimum absolute atomic E-state index is 0.678. The number of nitrogens with zero attached hydrogens (tertiary/aromatic N) is 5. The Labute approximate surface area is 181 Å². The second-order valence-electron chi connectivity index (χ2n) is 8.70. The molecule has 152 valence electrons. The molecule has 1 fully saturated rings. The Bertz CT molecular complexity index is 1320. The zero-order valence-corrected chi connectivity index (χ0v) is 17.5. The van der Waals surface area contributed by atoms with Crippen molar-refractivity contribution in [1.29, 1.82) is 5.26 Å². The summed E-state index contributed by atoms with van der Waals surface area (Å²) in [6.45, 7) is 5.40. The van der Waals surface area contributed by atoms with Gasteiger partial charge in [0.15, 0.2) is 5.82 Å². The molecule has 0 radical (unpaired) electrons. The molecule has 5 heteroatoms. The molecular formula is C26H23N5. The first-order valence-corrected chi connectivity index (χ1v) is 10.8. The molecule has 31 heavy (non-hydrogen) atoms. The molecule has 0 aliphatic carbocycles. The number of hydrogen-bond donors (Lipinski definition) is 0. The van der Waals surface area contributed by atoms with E-state index >= 15 is 0 Å². The molecule has 5 nitrogen and oxygen atoms in total. The predicted octanol–water partition coefficient (Wildman–Crippen LogP) is 5.09. The third-order valence-electron chi connectivity index (χ3n) is 6.57. The summed E-state index contributed by atoms with van der Waals surface area (Å²) >= 11 is 0. The van der Waals surface area contributed by atoms with E-state index in [9.17, 15) is 0 Å². The Morgan fingerprint density at radius 1 is 1.06 bits per heavy atom. The van der Waals surface area contributed by atoms with Gasteiger partial charge in [-0.25, -0.2) is 4.98 Å². The van der Waals surface area contributed by atoms with Crippen LogP contribution in [0.2, 0.25) is 0 Å². The van der Waals surface area contributed by atoms with Crippen LogP contribution in [0.1, 0.15) is 24.5 Å². The van der Waals surface area contributed by atoms with Gasteiger partial charge in [0.05, 0.1) is 23.0 Å². The van der Waals surface area contributed by atoms with Gasteiger partial charge in [-0.1, -0.05) is 19.1 Å². The van der Waals surface area contributed by atoms with Crippen LogP contribution in [0.4, 0.5) is 5.69 Å².